The largest absolute Gasteiger partial charge is 0.481 e. The van der Waals surface area contributed by atoms with Gasteiger partial charge in [-0.15, -0.1) is 0 Å². The van der Waals surface area contributed by atoms with Crippen molar-refractivity contribution in [2.75, 3.05) is 18.1 Å². The number of aromatic amines is 3. The van der Waals surface area contributed by atoms with E-state index in [9.17, 15) is 77.6 Å². The number of aliphatic carboxylic acids is 2. The Labute approximate surface area is 642 Å². The van der Waals surface area contributed by atoms with Crippen LogP contribution in [0.4, 0.5) is 0 Å². The van der Waals surface area contributed by atoms with Crippen LogP contribution in [0.1, 0.15) is 118 Å². The Hall–Kier alpha value is -10.6. The highest BCUT2D eigenvalue weighted by Gasteiger charge is 2.39. The Morgan fingerprint density at radius 1 is 0.573 bits per heavy atom. The maximum Gasteiger partial charge on any atom is 0.305 e. The number of benzene rings is 2. The molecule has 38 heteroatoms. The molecule has 4 heterocycles. The van der Waals surface area contributed by atoms with Gasteiger partial charge in [-0.3, -0.25) is 71.9 Å². The first-order valence-electron chi connectivity index (χ1n) is 36.1. The lowest BCUT2D eigenvalue weighted by Gasteiger charge is -2.29. The lowest BCUT2D eigenvalue weighted by Crippen LogP contribution is -2.61. The number of nitrogens with one attached hydrogen (secondary N) is 16. The molecule has 1 aliphatic heterocycles. The molecule has 21 N–H and O–H groups in total. The summed E-state index contributed by atoms with van der Waals surface area (Å²) in [7, 11) is 1.66. The van der Waals surface area contributed by atoms with E-state index in [4.69, 9.17) is 5.73 Å². The summed E-state index contributed by atoms with van der Waals surface area (Å²) in [5, 5.41) is 65.4. The van der Waals surface area contributed by atoms with Crippen LogP contribution in [0.15, 0.2) is 73.4 Å². The average Bonchev–Trinajstić information content (AvgIpc) is 1.67. The lowest BCUT2D eigenvalue weighted by molar-refractivity contribution is -0.140. The number of H-pyrrole nitrogens is 3. The minimum atomic E-state index is -1.73. The minimum absolute atomic E-state index is 0.0411. The van der Waals surface area contributed by atoms with Gasteiger partial charge in [-0.05, 0) is 74.1 Å². The van der Waals surface area contributed by atoms with E-state index in [1.807, 2.05) is 0 Å². The Kier molecular flexibility index (Phi) is 34.0. The summed E-state index contributed by atoms with van der Waals surface area (Å²) in [6, 6.07) is -5.20. The molecule has 110 heavy (non-hydrogen) atoms. The number of nitrogens with two attached hydrogens (primary N) is 1. The molecule has 0 spiro atoms. The van der Waals surface area contributed by atoms with Crippen LogP contribution in [0.25, 0.3) is 21.8 Å². The molecule has 1 saturated heterocycles. The second kappa shape index (κ2) is 42.4. The first-order chi connectivity index (χ1) is 52.0. The predicted molar refractivity (Wildman–Crippen MR) is 407 cm³/mol. The van der Waals surface area contributed by atoms with E-state index in [1.165, 1.54) is 26.4 Å². The summed E-state index contributed by atoms with van der Waals surface area (Å²) in [4.78, 5) is 225. The van der Waals surface area contributed by atoms with Gasteiger partial charge in [0.05, 0.1) is 31.4 Å². The lowest BCUT2D eigenvalue weighted by atomic mass is 9.98. The fourth-order valence-corrected chi connectivity index (χ4v) is 14.3. The van der Waals surface area contributed by atoms with E-state index < -0.39 is 217 Å². The molecule has 1 fully saturated rings. The van der Waals surface area contributed by atoms with Crippen LogP contribution in [0.2, 0.25) is 0 Å². The van der Waals surface area contributed by atoms with E-state index in [1.54, 1.807) is 116 Å². The van der Waals surface area contributed by atoms with Crippen molar-refractivity contribution in [2.45, 2.75) is 205 Å². The molecule has 3 aromatic heterocycles. The SMILES string of the molecule is CC(C)C[C@@H]1NC(=O)[C@H](Cc2cnc[nH]2)NC(=O)[C@H](Cc2c[nH]c3ccccc23)NC(=O)[C@H](C)NC(=O)[C@@H](NC(=O)[C@H](CC(=O)O)NC(C)C)CSSC[C@@H](C(=O)N[C@H](C(N)=O)[C@@H](C)O)NC(=O)[C@H](Cc2c[nH]c3ccccc23)NC(=O)[C@H](C(C)C)NC(=O)[C@H](CC(C)C)NC(=O)[C@H](CCC(=O)O)NC(=O)CNC1=O. The smallest absolute Gasteiger partial charge is 0.305 e. The van der Waals surface area contributed by atoms with Crippen molar-refractivity contribution >= 4 is 132 Å². The number of carbonyl (C=O) groups excluding carboxylic acids is 13. The first-order valence-corrected chi connectivity index (χ1v) is 38.6. The number of rotatable bonds is 24. The third-order valence-electron chi connectivity index (χ3n) is 17.6. The second-order valence-corrected chi connectivity index (χ2v) is 31.0. The topological polar surface area (TPSA) is 559 Å². The minimum Gasteiger partial charge on any atom is -0.481 e. The van der Waals surface area contributed by atoms with Crippen molar-refractivity contribution < 1.29 is 87.2 Å². The molecule has 600 valence electrons. The molecule has 36 nitrogen and oxygen atoms in total. The molecule has 5 aromatic rings. The second-order valence-electron chi connectivity index (χ2n) is 28.5. The number of aromatic nitrogens is 4. The van der Waals surface area contributed by atoms with Gasteiger partial charge < -0.3 is 105 Å². The van der Waals surface area contributed by atoms with Gasteiger partial charge >= 0.3 is 11.9 Å². The maximum atomic E-state index is 15.1. The Balaban J connectivity index is 1.46. The zero-order valence-electron chi connectivity index (χ0n) is 62.8. The zero-order valence-corrected chi connectivity index (χ0v) is 64.5. The normalized spacial score (nSPS) is 23.0. The van der Waals surface area contributed by atoms with Crippen molar-refractivity contribution in [1.29, 1.82) is 0 Å². The number of imidazole rings is 1. The number of fused-ring (bicyclic) bond motifs is 2. The van der Waals surface area contributed by atoms with Crippen LogP contribution in [-0.4, -0.2) is 227 Å². The molecule has 2 aromatic carbocycles. The van der Waals surface area contributed by atoms with Crippen molar-refractivity contribution in [1.82, 2.24) is 89.1 Å². The molecule has 0 unspecified atom stereocenters. The molecular formula is C72H102N18O18S2. The molecule has 0 saturated carbocycles. The third kappa shape index (κ3) is 27.5. The number of hydrogen-bond donors (Lipinski definition) is 20. The number of carboxylic acids is 2. The van der Waals surface area contributed by atoms with Gasteiger partial charge in [-0.1, -0.05) is 113 Å². The quantitative estimate of drug-likeness (QED) is 0.0315. The maximum absolute atomic E-state index is 15.1. The monoisotopic (exact) mass is 1570 g/mol. The van der Waals surface area contributed by atoms with Crippen molar-refractivity contribution in [2.24, 2.45) is 23.5 Å². The van der Waals surface area contributed by atoms with Crippen LogP contribution in [-0.2, 0) is 91.2 Å². The summed E-state index contributed by atoms with van der Waals surface area (Å²) >= 11 is 0. The van der Waals surface area contributed by atoms with Gasteiger partial charge in [0.2, 0.25) is 76.8 Å². The molecule has 0 radical (unpaired) electrons. The first kappa shape index (κ1) is 88.3. The fraction of sp³-hybridized carbons (Fsp3) is 0.528. The van der Waals surface area contributed by atoms with E-state index in [2.05, 4.69) is 89.1 Å². The summed E-state index contributed by atoms with van der Waals surface area (Å²) in [5.74, 6) is -17.9. The van der Waals surface area contributed by atoms with Crippen LogP contribution in [0, 0.1) is 17.8 Å². The number of aliphatic hydroxyl groups excluding tert-OH is 1. The summed E-state index contributed by atoms with van der Waals surface area (Å²) in [6.45, 7) is 15.0. The molecule has 0 aliphatic carbocycles. The summed E-state index contributed by atoms with van der Waals surface area (Å²) in [5.41, 5.74) is 8.23. The number of para-hydroxylation sites is 2. The molecule has 6 rings (SSSR count). The predicted octanol–water partition coefficient (Wildman–Crippen LogP) is -1.42. The van der Waals surface area contributed by atoms with Gasteiger partial charge in [0.25, 0.3) is 0 Å². The van der Waals surface area contributed by atoms with Gasteiger partial charge in [-0.25, -0.2) is 4.98 Å². The Morgan fingerprint density at radius 2 is 1.08 bits per heavy atom. The highest BCUT2D eigenvalue weighted by Crippen LogP contribution is 2.26. The molecule has 1 aliphatic rings. The van der Waals surface area contributed by atoms with Gasteiger partial charge in [0, 0.05) is 89.3 Å². The Bertz CT molecular complexity index is 4070. The van der Waals surface area contributed by atoms with Crippen molar-refractivity contribution in [3.05, 3.63) is 90.3 Å². The summed E-state index contributed by atoms with van der Waals surface area (Å²) < 4.78 is 0. The third-order valence-corrected chi connectivity index (χ3v) is 20.0. The number of nitrogens with zero attached hydrogens (tertiary/aromatic N) is 1. The number of hydrogen-bond acceptors (Lipinski definition) is 20. The van der Waals surface area contributed by atoms with E-state index in [-0.39, 0.29) is 43.9 Å². The van der Waals surface area contributed by atoms with Gasteiger partial charge in [-0.2, -0.15) is 0 Å². The highest BCUT2D eigenvalue weighted by molar-refractivity contribution is 8.76. The van der Waals surface area contributed by atoms with E-state index in [0.29, 0.717) is 38.6 Å². The van der Waals surface area contributed by atoms with Gasteiger partial charge in [0.1, 0.15) is 66.5 Å². The number of carbonyl (C=O) groups is 15. The zero-order chi connectivity index (χ0) is 81.2. The van der Waals surface area contributed by atoms with Crippen LogP contribution in [0.5, 0.6) is 0 Å². The molecule has 13 amide bonds. The van der Waals surface area contributed by atoms with Crippen LogP contribution in [0.3, 0.4) is 0 Å². The molecule has 13 atom stereocenters. The standard InChI is InChI=1S/C72H102N18O18S2/c1-34(2)21-48-63(99)77-30-56(92)81-47(19-20-57(93)94)64(100)84-49(22-35(3)4)69(105)89-59(36(5)6)72(108)86-51(24-41-28-76-46-18-14-12-16-44(41)46)66(102)88-55(71(107)90-60(39(10)91)61(73)97)32-110-109-31-54(87-68(104)53(26-58(95)96)79-37(7)8)70(106)80-38(9)62(98)82-50(23-40-27-75-45-17-13-11-15-43(40)45)65(101)85-52(67(103)83-48)25-42-29-74-33-78-42/h11-18,27-29,33-39,47-55,59-60,75-76,79,91H,19-26,30-32H2,1-10H3,(H2,73,97)(H,74,78)(H,77,99)(H,80,106)(H,81,92)(H,82,98)(H,83,103)(H,84,100)(H,85,101)(H,86,108)(H,87,104)(H,88,102)(H,89,105)(H,90,107)(H,93,94)(H,95,96)/t38-,39+,47-,48-,49-,50-,51-,52-,53-,54-,55-,59-,60-/m0/s1. The van der Waals surface area contributed by atoms with Crippen molar-refractivity contribution in [3.8, 4) is 0 Å². The van der Waals surface area contributed by atoms with E-state index >= 15 is 9.59 Å². The van der Waals surface area contributed by atoms with Crippen molar-refractivity contribution in [3.63, 3.8) is 0 Å². The fourth-order valence-electron chi connectivity index (χ4n) is 11.9. The number of primary amides is 1. The average molecular weight is 1570 g/mol. The van der Waals surface area contributed by atoms with Gasteiger partial charge in [0.15, 0.2) is 0 Å². The van der Waals surface area contributed by atoms with Crippen LogP contribution >= 0.6 is 21.6 Å². The summed E-state index contributed by atoms with van der Waals surface area (Å²) in [6.07, 6.45) is 1.45. The number of amides is 13. The Morgan fingerprint density at radius 3 is 1.60 bits per heavy atom. The number of carboxylic acid groups (broad SMARTS) is 2. The van der Waals surface area contributed by atoms with E-state index in [0.717, 1.165) is 21.6 Å². The number of aliphatic hydroxyl groups is 1. The highest BCUT2D eigenvalue weighted by atomic mass is 33.1. The molecule has 0 bridgehead atoms. The van der Waals surface area contributed by atoms with Crippen LogP contribution < -0.4 is 74.9 Å². The molecular weight excluding hydrogens is 1470 g/mol.